The molecule has 0 spiro atoms. The molecule has 0 fully saturated rings. The molecule has 6 aromatic heterocycles. The van der Waals surface area contributed by atoms with Crippen molar-refractivity contribution in [1.29, 1.82) is 0 Å². The van der Waals surface area contributed by atoms with Gasteiger partial charge in [-0.15, -0.1) is 0 Å². The second kappa shape index (κ2) is 9.37. The molecule has 0 unspecified atom stereocenters. The van der Waals surface area contributed by atoms with Crippen molar-refractivity contribution < 1.29 is 0 Å². The second-order valence-electron chi connectivity index (χ2n) is 12.5. The van der Waals surface area contributed by atoms with Crippen LogP contribution >= 0.6 is 0 Å². The molecule has 6 heterocycles. The molecule has 9 aromatic rings. The topological polar surface area (TPSA) is 87.2 Å². The van der Waals surface area contributed by atoms with Gasteiger partial charge in [-0.2, -0.15) is 15.0 Å². The van der Waals surface area contributed by atoms with E-state index >= 15 is 0 Å². The van der Waals surface area contributed by atoms with Crippen molar-refractivity contribution in [3.63, 3.8) is 0 Å². The zero-order chi connectivity index (χ0) is 31.3. The summed E-state index contributed by atoms with van der Waals surface area (Å²) < 4.78 is 3.96. The van der Waals surface area contributed by atoms with Gasteiger partial charge in [0.1, 0.15) is 16.9 Å². The van der Waals surface area contributed by atoms with Gasteiger partial charge in [-0.05, 0) is 70.8 Å². The predicted molar refractivity (Wildman–Crippen MR) is 185 cm³/mol. The van der Waals surface area contributed by atoms with E-state index in [0.717, 1.165) is 49.6 Å². The summed E-state index contributed by atoms with van der Waals surface area (Å²) in [6.07, 6.45) is 5.38. The molecule has 47 heavy (non-hydrogen) atoms. The van der Waals surface area contributed by atoms with Crippen molar-refractivity contribution in [1.82, 2.24) is 39.0 Å². The third-order valence-electron chi connectivity index (χ3n) is 9.57. The summed E-state index contributed by atoms with van der Waals surface area (Å²) in [4.78, 5) is 29.9. The summed E-state index contributed by atoms with van der Waals surface area (Å²) in [5, 5.41) is 4.07. The van der Waals surface area contributed by atoms with Crippen molar-refractivity contribution in [2.45, 2.75) is 19.3 Å². The third-order valence-corrected chi connectivity index (χ3v) is 9.57. The van der Waals surface area contributed by atoms with Crippen molar-refractivity contribution in [3.8, 4) is 34.4 Å². The maximum Gasteiger partial charge on any atom is 0.242 e. The summed E-state index contributed by atoms with van der Waals surface area (Å²) in [7, 11) is 0. The van der Waals surface area contributed by atoms with Gasteiger partial charge in [0.15, 0.2) is 5.82 Å². The highest BCUT2D eigenvalue weighted by atomic mass is 15.3. The Morgan fingerprint density at radius 1 is 0.489 bits per heavy atom. The fraction of sp³-hybridized carbons (Fsp3) is 0.0769. The maximum absolute atomic E-state index is 5.18. The van der Waals surface area contributed by atoms with Gasteiger partial charge in [-0.3, -0.25) is 4.57 Å². The molecule has 0 bridgehead atoms. The van der Waals surface area contributed by atoms with E-state index in [9.17, 15) is 0 Å². The average molecular weight is 607 g/mol. The molecule has 0 amide bonds. The normalized spacial score (nSPS) is 13.5. The number of hydrogen-bond acceptors (Lipinski definition) is 6. The first-order valence-corrected chi connectivity index (χ1v) is 15.6. The highest BCUT2D eigenvalue weighted by molar-refractivity contribution is 6.08. The number of hydrogen-bond donors (Lipinski definition) is 0. The maximum atomic E-state index is 5.18. The first kappa shape index (κ1) is 26.0. The summed E-state index contributed by atoms with van der Waals surface area (Å²) in [5.74, 6) is 1.46. The van der Waals surface area contributed by atoms with Crippen LogP contribution in [0.15, 0.2) is 122 Å². The van der Waals surface area contributed by atoms with Gasteiger partial charge in [0.05, 0.1) is 5.52 Å². The lowest BCUT2D eigenvalue weighted by Gasteiger charge is -2.21. The second-order valence-corrected chi connectivity index (χ2v) is 12.5. The third kappa shape index (κ3) is 3.58. The number of aromatic nitrogens is 8. The molecule has 0 saturated heterocycles. The summed E-state index contributed by atoms with van der Waals surface area (Å²) in [6, 6.07) is 35.5. The molecule has 0 N–H and O–H groups in total. The first-order valence-electron chi connectivity index (χ1n) is 15.6. The highest BCUT2D eigenvalue weighted by Crippen LogP contribution is 2.49. The van der Waals surface area contributed by atoms with Crippen molar-refractivity contribution in [2.75, 3.05) is 0 Å². The van der Waals surface area contributed by atoms with E-state index in [4.69, 9.17) is 29.9 Å². The molecule has 0 radical (unpaired) electrons. The van der Waals surface area contributed by atoms with Gasteiger partial charge in [0, 0.05) is 51.1 Å². The standard InChI is InChI=1S/C39H26N8/c1-39(2)30-15-5-3-10-24(30)29-22-23(17-18-31(29)39)33-43-37(46-32-16-6-4-11-25(32)26-12-7-19-40-34(26)46)45-38(44-33)47-35-27(13-8-20-41-35)28-14-9-21-42-36(28)47/h3-22H,1-2H3. The Bertz CT molecular complexity index is 2500. The Hall–Kier alpha value is -6.28. The monoisotopic (exact) mass is 606 g/mol. The lowest BCUT2D eigenvalue weighted by atomic mass is 9.82. The number of fused-ring (bicyclic) bond motifs is 9. The Morgan fingerprint density at radius 3 is 1.77 bits per heavy atom. The Kier molecular flexibility index (Phi) is 5.18. The average Bonchev–Trinajstić information content (AvgIpc) is 3.72. The lowest BCUT2D eigenvalue weighted by Crippen LogP contribution is -2.14. The van der Waals surface area contributed by atoms with Gasteiger partial charge in [0.2, 0.25) is 11.9 Å². The van der Waals surface area contributed by atoms with Gasteiger partial charge in [-0.1, -0.05) is 68.4 Å². The molecule has 10 rings (SSSR count). The van der Waals surface area contributed by atoms with E-state index < -0.39 is 0 Å². The first-order chi connectivity index (χ1) is 23.1. The van der Waals surface area contributed by atoms with E-state index in [1.54, 1.807) is 18.6 Å². The van der Waals surface area contributed by atoms with Crippen LogP contribution in [0.1, 0.15) is 25.0 Å². The Morgan fingerprint density at radius 2 is 1.04 bits per heavy atom. The van der Waals surface area contributed by atoms with E-state index in [0.29, 0.717) is 17.7 Å². The zero-order valence-electron chi connectivity index (χ0n) is 25.6. The molecule has 222 valence electrons. The number of benzene rings is 3. The molecule has 0 atom stereocenters. The number of rotatable bonds is 3. The smallest absolute Gasteiger partial charge is 0.242 e. The van der Waals surface area contributed by atoms with Crippen LogP contribution in [0.3, 0.4) is 0 Å². The Labute approximate surface area is 269 Å². The lowest BCUT2D eigenvalue weighted by molar-refractivity contribution is 0.660. The van der Waals surface area contributed by atoms with Gasteiger partial charge >= 0.3 is 0 Å². The van der Waals surface area contributed by atoms with Crippen LogP contribution in [0.4, 0.5) is 0 Å². The number of pyridine rings is 3. The molecule has 1 aliphatic rings. The van der Waals surface area contributed by atoms with E-state index in [1.165, 1.54) is 22.3 Å². The van der Waals surface area contributed by atoms with Crippen LogP contribution in [-0.4, -0.2) is 39.0 Å². The predicted octanol–water partition coefficient (Wildman–Crippen LogP) is 8.22. The minimum atomic E-state index is -0.102. The summed E-state index contributed by atoms with van der Waals surface area (Å²) in [6.45, 7) is 4.57. The van der Waals surface area contributed by atoms with Crippen LogP contribution in [0, 0.1) is 0 Å². The van der Waals surface area contributed by atoms with Crippen molar-refractivity contribution in [2.24, 2.45) is 0 Å². The van der Waals surface area contributed by atoms with Crippen LogP contribution in [0.25, 0.3) is 78.4 Å². The van der Waals surface area contributed by atoms with Crippen LogP contribution in [-0.2, 0) is 5.41 Å². The number of nitrogens with zero attached hydrogens (tertiary/aromatic N) is 8. The van der Waals surface area contributed by atoms with Crippen LogP contribution in [0.5, 0.6) is 0 Å². The highest BCUT2D eigenvalue weighted by Gasteiger charge is 2.35. The van der Waals surface area contributed by atoms with Crippen LogP contribution in [0.2, 0.25) is 0 Å². The van der Waals surface area contributed by atoms with E-state index in [2.05, 4.69) is 86.6 Å². The summed E-state index contributed by atoms with van der Waals surface area (Å²) >= 11 is 0. The minimum Gasteiger partial charge on any atom is -0.262 e. The molecule has 3 aromatic carbocycles. The fourth-order valence-electron chi connectivity index (χ4n) is 7.40. The van der Waals surface area contributed by atoms with Crippen molar-refractivity contribution in [3.05, 3.63) is 133 Å². The fourth-order valence-corrected chi connectivity index (χ4v) is 7.40. The van der Waals surface area contributed by atoms with E-state index in [1.807, 2.05) is 39.5 Å². The molecule has 8 nitrogen and oxygen atoms in total. The minimum absolute atomic E-state index is 0.102. The largest absolute Gasteiger partial charge is 0.262 e. The zero-order valence-corrected chi connectivity index (χ0v) is 25.6. The Balaban J connectivity index is 1.30. The van der Waals surface area contributed by atoms with Gasteiger partial charge < -0.3 is 0 Å². The molecular weight excluding hydrogens is 580 g/mol. The molecular formula is C39H26N8. The number of para-hydroxylation sites is 1. The van der Waals surface area contributed by atoms with Crippen LogP contribution < -0.4 is 0 Å². The molecule has 0 saturated carbocycles. The van der Waals surface area contributed by atoms with Crippen molar-refractivity contribution >= 4 is 44.0 Å². The quantitative estimate of drug-likeness (QED) is 0.201. The summed E-state index contributed by atoms with van der Waals surface area (Å²) in [5.41, 5.74) is 9.06. The van der Waals surface area contributed by atoms with Gasteiger partial charge in [0.25, 0.3) is 0 Å². The molecule has 8 heteroatoms. The van der Waals surface area contributed by atoms with Gasteiger partial charge in [-0.25, -0.2) is 19.5 Å². The van der Waals surface area contributed by atoms with E-state index in [-0.39, 0.29) is 5.41 Å². The molecule has 0 aliphatic heterocycles. The molecule has 1 aliphatic carbocycles. The SMILES string of the molecule is CC1(C)c2ccccc2-c2cc(-c3nc(-n4c5ccccc5c5cccnc54)nc(-n4c5ncccc5c5cccnc54)n3)ccc21.